The number of nitrogens with zero attached hydrogens (tertiary/aromatic N) is 1. The van der Waals surface area contributed by atoms with E-state index in [9.17, 15) is 5.11 Å². The second kappa shape index (κ2) is 5.96. The number of benzene rings is 1. The smallest absolute Gasteiger partial charge is 0.145 e. The topological polar surface area (TPSA) is 41.9 Å². The van der Waals surface area contributed by atoms with E-state index in [-0.39, 0.29) is 12.0 Å². The molecule has 1 aromatic carbocycles. The molecule has 4 heteroatoms. The van der Waals surface area contributed by atoms with Gasteiger partial charge >= 0.3 is 0 Å². The summed E-state index contributed by atoms with van der Waals surface area (Å²) in [6.45, 7) is 4.95. The average Bonchev–Trinajstić information content (AvgIpc) is 2.37. The van der Waals surface area contributed by atoms with Crippen LogP contribution in [0.2, 0.25) is 0 Å². The van der Waals surface area contributed by atoms with Gasteiger partial charge in [0.2, 0.25) is 0 Å². The van der Waals surface area contributed by atoms with Crippen LogP contribution in [-0.2, 0) is 0 Å². The highest BCUT2D eigenvalue weighted by atomic mass is 16.5. The Hall–Kier alpha value is -1.42. The SMILES string of the molecule is COc1ccc(N(C)CC(C)(C)CO)c(OC)c1. The highest BCUT2D eigenvalue weighted by Gasteiger charge is 2.21. The van der Waals surface area contributed by atoms with Crippen LogP contribution >= 0.6 is 0 Å². The Morgan fingerprint density at radius 3 is 2.39 bits per heavy atom. The van der Waals surface area contributed by atoms with E-state index in [0.29, 0.717) is 0 Å². The zero-order valence-corrected chi connectivity index (χ0v) is 11.9. The summed E-state index contributed by atoms with van der Waals surface area (Å²) < 4.78 is 10.5. The Morgan fingerprint density at radius 2 is 1.89 bits per heavy atom. The molecule has 102 valence electrons. The molecule has 0 heterocycles. The van der Waals surface area contributed by atoms with Gasteiger partial charge in [0.15, 0.2) is 0 Å². The first-order valence-corrected chi connectivity index (χ1v) is 5.97. The minimum absolute atomic E-state index is 0.149. The van der Waals surface area contributed by atoms with Crippen molar-refractivity contribution in [2.45, 2.75) is 13.8 Å². The summed E-state index contributed by atoms with van der Waals surface area (Å²) >= 11 is 0. The molecule has 1 aromatic rings. The number of aliphatic hydroxyl groups excluding tert-OH is 1. The van der Waals surface area contributed by atoms with Crippen LogP contribution in [0.3, 0.4) is 0 Å². The van der Waals surface area contributed by atoms with Crippen molar-refractivity contribution in [3.05, 3.63) is 18.2 Å². The normalized spacial score (nSPS) is 11.2. The van der Waals surface area contributed by atoms with Gasteiger partial charge in [-0.05, 0) is 12.1 Å². The molecule has 0 saturated heterocycles. The maximum Gasteiger partial charge on any atom is 0.145 e. The Morgan fingerprint density at radius 1 is 1.22 bits per heavy atom. The molecular weight excluding hydrogens is 230 g/mol. The predicted octanol–water partition coefficient (Wildman–Crippen LogP) is 2.16. The number of hydrogen-bond acceptors (Lipinski definition) is 4. The fourth-order valence-corrected chi connectivity index (χ4v) is 1.88. The first-order valence-electron chi connectivity index (χ1n) is 5.97. The lowest BCUT2D eigenvalue weighted by Crippen LogP contribution is -2.34. The van der Waals surface area contributed by atoms with Gasteiger partial charge in [0.25, 0.3) is 0 Å². The minimum atomic E-state index is -0.153. The van der Waals surface area contributed by atoms with Gasteiger partial charge in [0.05, 0.1) is 19.9 Å². The van der Waals surface area contributed by atoms with Crippen molar-refractivity contribution in [3.8, 4) is 11.5 Å². The van der Waals surface area contributed by atoms with Gasteiger partial charge in [0, 0.05) is 31.7 Å². The monoisotopic (exact) mass is 253 g/mol. The highest BCUT2D eigenvalue weighted by Crippen LogP contribution is 2.32. The molecule has 0 bridgehead atoms. The summed E-state index contributed by atoms with van der Waals surface area (Å²) in [6.07, 6.45) is 0. The van der Waals surface area contributed by atoms with Crippen LogP contribution in [0, 0.1) is 5.41 Å². The molecule has 18 heavy (non-hydrogen) atoms. The third kappa shape index (κ3) is 3.53. The molecule has 0 amide bonds. The van der Waals surface area contributed by atoms with Crippen molar-refractivity contribution in [2.75, 3.05) is 39.3 Å². The number of rotatable bonds is 6. The number of hydrogen-bond donors (Lipinski definition) is 1. The summed E-state index contributed by atoms with van der Waals surface area (Å²) in [7, 11) is 5.26. The summed E-state index contributed by atoms with van der Waals surface area (Å²) in [5.41, 5.74) is 0.833. The van der Waals surface area contributed by atoms with Crippen LogP contribution in [-0.4, -0.2) is 39.5 Å². The molecule has 0 aliphatic carbocycles. The summed E-state index contributed by atoms with van der Waals surface area (Å²) in [6, 6.07) is 5.73. The molecule has 1 rings (SSSR count). The van der Waals surface area contributed by atoms with Crippen molar-refractivity contribution in [1.82, 2.24) is 0 Å². The molecule has 0 aliphatic rings. The van der Waals surface area contributed by atoms with Gasteiger partial charge in [-0.2, -0.15) is 0 Å². The quantitative estimate of drug-likeness (QED) is 0.843. The largest absolute Gasteiger partial charge is 0.497 e. The Bertz CT molecular complexity index is 391. The molecule has 1 N–H and O–H groups in total. The average molecular weight is 253 g/mol. The van der Waals surface area contributed by atoms with E-state index in [4.69, 9.17) is 9.47 Å². The zero-order chi connectivity index (χ0) is 13.8. The van der Waals surface area contributed by atoms with E-state index in [2.05, 4.69) is 4.90 Å². The lowest BCUT2D eigenvalue weighted by molar-refractivity contribution is 0.165. The molecule has 0 unspecified atom stereocenters. The van der Waals surface area contributed by atoms with Gasteiger partial charge in [-0.15, -0.1) is 0 Å². The third-order valence-electron chi connectivity index (χ3n) is 2.89. The lowest BCUT2D eigenvalue weighted by atomic mass is 9.94. The fourth-order valence-electron chi connectivity index (χ4n) is 1.88. The maximum atomic E-state index is 9.32. The summed E-state index contributed by atoms with van der Waals surface area (Å²) in [4.78, 5) is 2.08. The van der Waals surface area contributed by atoms with Crippen molar-refractivity contribution in [1.29, 1.82) is 0 Å². The Labute approximate surface area is 109 Å². The van der Waals surface area contributed by atoms with E-state index in [1.807, 2.05) is 39.1 Å². The van der Waals surface area contributed by atoms with Gasteiger partial charge in [-0.3, -0.25) is 0 Å². The first-order chi connectivity index (χ1) is 8.43. The maximum absolute atomic E-state index is 9.32. The van der Waals surface area contributed by atoms with Crippen molar-refractivity contribution in [2.24, 2.45) is 5.41 Å². The third-order valence-corrected chi connectivity index (χ3v) is 2.89. The van der Waals surface area contributed by atoms with E-state index in [0.717, 1.165) is 23.7 Å². The van der Waals surface area contributed by atoms with Crippen LogP contribution in [0.15, 0.2) is 18.2 Å². The zero-order valence-electron chi connectivity index (χ0n) is 11.9. The number of anilines is 1. The molecule has 0 spiro atoms. The fraction of sp³-hybridized carbons (Fsp3) is 0.571. The van der Waals surface area contributed by atoms with Gasteiger partial charge in [0.1, 0.15) is 11.5 Å². The second-order valence-electron chi connectivity index (χ2n) is 5.22. The summed E-state index contributed by atoms with van der Waals surface area (Å²) in [5, 5.41) is 9.32. The van der Waals surface area contributed by atoms with Crippen LogP contribution in [0.25, 0.3) is 0 Å². The van der Waals surface area contributed by atoms with E-state index in [1.54, 1.807) is 14.2 Å². The molecule has 0 saturated carbocycles. The lowest BCUT2D eigenvalue weighted by Gasteiger charge is -2.30. The number of aliphatic hydroxyl groups is 1. The van der Waals surface area contributed by atoms with Crippen LogP contribution in [0.4, 0.5) is 5.69 Å². The summed E-state index contributed by atoms with van der Waals surface area (Å²) in [5.74, 6) is 1.54. The number of methoxy groups -OCH3 is 2. The minimum Gasteiger partial charge on any atom is -0.497 e. The Balaban J connectivity index is 2.94. The van der Waals surface area contributed by atoms with Crippen molar-refractivity contribution >= 4 is 5.69 Å². The highest BCUT2D eigenvalue weighted by molar-refractivity contribution is 5.60. The molecule has 0 fully saturated rings. The van der Waals surface area contributed by atoms with Crippen molar-refractivity contribution in [3.63, 3.8) is 0 Å². The molecule has 0 radical (unpaired) electrons. The molecular formula is C14H23NO3. The van der Waals surface area contributed by atoms with Crippen LogP contribution < -0.4 is 14.4 Å². The van der Waals surface area contributed by atoms with Crippen LogP contribution in [0.5, 0.6) is 11.5 Å². The van der Waals surface area contributed by atoms with E-state index >= 15 is 0 Å². The molecule has 0 atom stereocenters. The van der Waals surface area contributed by atoms with Gasteiger partial charge in [-0.1, -0.05) is 13.8 Å². The van der Waals surface area contributed by atoms with Gasteiger partial charge in [-0.25, -0.2) is 0 Å². The Kier molecular flexibility index (Phi) is 4.84. The van der Waals surface area contributed by atoms with Gasteiger partial charge < -0.3 is 19.5 Å². The van der Waals surface area contributed by atoms with E-state index in [1.165, 1.54) is 0 Å². The van der Waals surface area contributed by atoms with E-state index < -0.39 is 0 Å². The molecule has 4 nitrogen and oxygen atoms in total. The first kappa shape index (κ1) is 14.6. The standard InChI is InChI=1S/C14H23NO3/c1-14(2,10-16)9-15(3)12-7-6-11(17-4)8-13(12)18-5/h6-8,16H,9-10H2,1-5H3. The molecule has 0 aromatic heterocycles. The van der Waals surface area contributed by atoms with Crippen molar-refractivity contribution < 1.29 is 14.6 Å². The predicted molar refractivity (Wildman–Crippen MR) is 73.7 cm³/mol. The molecule has 0 aliphatic heterocycles. The van der Waals surface area contributed by atoms with Crippen LogP contribution in [0.1, 0.15) is 13.8 Å². The number of ether oxygens (including phenoxy) is 2. The second-order valence-corrected chi connectivity index (χ2v) is 5.22.